The minimum absolute atomic E-state index is 0.00166. The summed E-state index contributed by atoms with van der Waals surface area (Å²) in [5.74, 6) is -0.0463. The van der Waals surface area contributed by atoms with Gasteiger partial charge in [0, 0.05) is 17.9 Å². The highest BCUT2D eigenvalue weighted by Gasteiger charge is 2.22. The highest BCUT2D eigenvalue weighted by molar-refractivity contribution is 7.12. The van der Waals surface area contributed by atoms with Gasteiger partial charge in [0.15, 0.2) is 5.78 Å². The SMILES string of the molecule is O=C(CCC(=O)c1cccs1)N[C@@H]1CCCc2ccc(Cl)cc21. The Morgan fingerprint density at radius 2 is 2.13 bits per heavy atom. The third-order valence-corrected chi connectivity index (χ3v) is 5.28. The molecule has 5 heteroatoms. The molecule has 23 heavy (non-hydrogen) atoms. The molecule has 0 saturated heterocycles. The maximum Gasteiger partial charge on any atom is 0.220 e. The molecule has 1 heterocycles. The van der Waals surface area contributed by atoms with Gasteiger partial charge < -0.3 is 5.32 Å². The third kappa shape index (κ3) is 4.01. The topological polar surface area (TPSA) is 46.2 Å². The van der Waals surface area contributed by atoms with E-state index in [4.69, 9.17) is 11.6 Å². The van der Waals surface area contributed by atoms with E-state index in [0.717, 1.165) is 24.8 Å². The number of thiophene rings is 1. The molecule has 120 valence electrons. The molecule has 1 aromatic heterocycles. The van der Waals surface area contributed by atoms with Crippen LogP contribution in [0.3, 0.4) is 0 Å². The number of fused-ring (bicyclic) bond motifs is 1. The van der Waals surface area contributed by atoms with Gasteiger partial charge in [-0.25, -0.2) is 0 Å². The van der Waals surface area contributed by atoms with Crippen LogP contribution in [0, 0.1) is 0 Å². The average molecular weight is 348 g/mol. The largest absolute Gasteiger partial charge is 0.349 e. The van der Waals surface area contributed by atoms with E-state index in [1.54, 1.807) is 6.07 Å². The van der Waals surface area contributed by atoms with Gasteiger partial charge in [0.1, 0.15) is 0 Å². The van der Waals surface area contributed by atoms with Crippen molar-refractivity contribution in [3.63, 3.8) is 0 Å². The lowest BCUT2D eigenvalue weighted by Gasteiger charge is -2.26. The fourth-order valence-corrected chi connectivity index (χ4v) is 3.85. The number of amides is 1. The van der Waals surface area contributed by atoms with Gasteiger partial charge in [0.25, 0.3) is 0 Å². The number of halogens is 1. The molecular weight excluding hydrogens is 330 g/mol. The minimum atomic E-state index is -0.0762. The summed E-state index contributed by atoms with van der Waals surface area (Å²) in [6, 6.07) is 9.52. The molecule has 0 saturated carbocycles. The number of hydrogen-bond acceptors (Lipinski definition) is 3. The maximum absolute atomic E-state index is 12.2. The summed E-state index contributed by atoms with van der Waals surface area (Å²) < 4.78 is 0. The Hall–Kier alpha value is -1.65. The molecule has 3 nitrogen and oxygen atoms in total. The number of Topliss-reactive ketones (excluding diaryl/α,β-unsaturated/α-hetero) is 1. The Morgan fingerprint density at radius 1 is 1.26 bits per heavy atom. The van der Waals surface area contributed by atoms with Crippen LogP contribution in [-0.2, 0) is 11.2 Å². The van der Waals surface area contributed by atoms with E-state index in [0.29, 0.717) is 9.90 Å². The average Bonchev–Trinajstić information content (AvgIpc) is 3.08. The number of hydrogen-bond donors (Lipinski definition) is 1. The Labute approximate surface area is 144 Å². The summed E-state index contributed by atoms with van der Waals surface area (Å²) in [4.78, 5) is 24.9. The van der Waals surface area contributed by atoms with Gasteiger partial charge >= 0.3 is 0 Å². The summed E-state index contributed by atoms with van der Waals surface area (Å²) >= 11 is 7.50. The summed E-state index contributed by atoms with van der Waals surface area (Å²) in [7, 11) is 0. The van der Waals surface area contributed by atoms with E-state index in [2.05, 4.69) is 5.32 Å². The van der Waals surface area contributed by atoms with E-state index in [1.165, 1.54) is 16.9 Å². The number of rotatable bonds is 5. The van der Waals surface area contributed by atoms with Crippen LogP contribution in [0.25, 0.3) is 0 Å². The number of carbonyl (C=O) groups excluding carboxylic acids is 2. The van der Waals surface area contributed by atoms with Crippen LogP contribution < -0.4 is 5.32 Å². The third-order valence-electron chi connectivity index (χ3n) is 4.13. The summed E-state index contributed by atoms with van der Waals surface area (Å²) in [6.45, 7) is 0. The molecule has 1 amide bonds. The van der Waals surface area contributed by atoms with Crippen LogP contribution in [-0.4, -0.2) is 11.7 Å². The lowest BCUT2D eigenvalue weighted by molar-refractivity contribution is -0.121. The smallest absolute Gasteiger partial charge is 0.220 e. The second-order valence-corrected chi connectivity index (χ2v) is 7.14. The first kappa shape index (κ1) is 16.2. The van der Waals surface area contributed by atoms with E-state index < -0.39 is 0 Å². The molecule has 0 aliphatic heterocycles. The Kier molecular flexibility index (Phi) is 5.13. The molecule has 3 rings (SSSR count). The van der Waals surface area contributed by atoms with E-state index in [9.17, 15) is 9.59 Å². The minimum Gasteiger partial charge on any atom is -0.349 e. The highest BCUT2D eigenvalue weighted by atomic mass is 35.5. The van der Waals surface area contributed by atoms with Crippen LogP contribution in [0.5, 0.6) is 0 Å². The Balaban J connectivity index is 1.59. The zero-order chi connectivity index (χ0) is 16.2. The van der Waals surface area contributed by atoms with E-state index in [-0.39, 0.29) is 30.6 Å². The first-order valence-electron chi connectivity index (χ1n) is 7.78. The zero-order valence-electron chi connectivity index (χ0n) is 12.7. The number of carbonyl (C=O) groups is 2. The second-order valence-electron chi connectivity index (χ2n) is 5.76. The van der Waals surface area contributed by atoms with Gasteiger partial charge in [-0.05, 0) is 54.0 Å². The fraction of sp³-hybridized carbons (Fsp3) is 0.333. The highest BCUT2D eigenvalue weighted by Crippen LogP contribution is 2.31. The molecule has 1 N–H and O–H groups in total. The van der Waals surface area contributed by atoms with Crippen molar-refractivity contribution in [2.75, 3.05) is 0 Å². The molecule has 1 aliphatic rings. The van der Waals surface area contributed by atoms with Gasteiger partial charge in [0.05, 0.1) is 10.9 Å². The quantitative estimate of drug-likeness (QED) is 0.806. The van der Waals surface area contributed by atoms with Crippen LogP contribution in [0.4, 0.5) is 0 Å². The van der Waals surface area contributed by atoms with Crippen molar-refractivity contribution in [3.05, 3.63) is 56.7 Å². The van der Waals surface area contributed by atoms with Crippen molar-refractivity contribution < 1.29 is 9.59 Å². The van der Waals surface area contributed by atoms with Crippen molar-refractivity contribution in [2.24, 2.45) is 0 Å². The van der Waals surface area contributed by atoms with E-state index >= 15 is 0 Å². The molecule has 2 aromatic rings. The molecule has 0 unspecified atom stereocenters. The maximum atomic E-state index is 12.2. The molecule has 1 aliphatic carbocycles. The lowest BCUT2D eigenvalue weighted by Crippen LogP contribution is -2.31. The van der Waals surface area contributed by atoms with E-state index in [1.807, 2.05) is 29.6 Å². The van der Waals surface area contributed by atoms with Crippen molar-refractivity contribution in [1.29, 1.82) is 0 Å². The van der Waals surface area contributed by atoms with Gasteiger partial charge in [-0.15, -0.1) is 11.3 Å². The number of nitrogens with one attached hydrogen (secondary N) is 1. The first-order chi connectivity index (χ1) is 11.1. The molecule has 0 bridgehead atoms. The van der Waals surface area contributed by atoms with Crippen LogP contribution >= 0.6 is 22.9 Å². The lowest BCUT2D eigenvalue weighted by atomic mass is 9.87. The van der Waals surface area contributed by atoms with Crippen LogP contribution in [0.1, 0.15) is 52.5 Å². The second kappa shape index (κ2) is 7.28. The summed E-state index contributed by atoms with van der Waals surface area (Å²) in [5.41, 5.74) is 2.36. The van der Waals surface area contributed by atoms with Crippen LogP contribution in [0.2, 0.25) is 5.02 Å². The van der Waals surface area contributed by atoms with Gasteiger partial charge in [-0.3, -0.25) is 9.59 Å². The van der Waals surface area contributed by atoms with Gasteiger partial charge in [0.2, 0.25) is 5.91 Å². The molecule has 0 radical (unpaired) electrons. The summed E-state index contributed by atoms with van der Waals surface area (Å²) in [6.07, 6.45) is 3.46. The normalized spacial score (nSPS) is 16.7. The molecular formula is C18H18ClNO2S. The zero-order valence-corrected chi connectivity index (χ0v) is 14.3. The van der Waals surface area contributed by atoms with Gasteiger partial charge in [-0.1, -0.05) is 23.7 Å². The Morgan fingerprint density at radius 3 is 2.91 bits per heavy atom. The first-order valence-corrected chi connectivity index (χ1v) is 9.03. The van der Waals surface area contributed by atoms with Crippen molar-refractivity contribution in [3.8, 4) is 0 Å². The predicted octanol–water partition coefficient (Wildman–Crippen LogP) is 4.56. The van der Waals surface area contributed by atoms with Crippen molar-refractivity contribution >= 4 is 34.6 Å². The number of aryl methyl sites for hydroxylation is 1. The molecule has 1 aromatic carbocycles. The predicted molar refractivity (Wildman–Crippen MR) is 93.2 cm³/mol. The summed E-state index contributed by atoms with van der Waals surface area (Å²) in [5, 5.41) is 5.62. The van der Waals surface area contributed by atoms with Crippen molar-refractivity contribution in [2.45, 2.75) is 38.1 Å². The molecule has 0 spiro atoms. The van der Waals surface area contributed by atoms with Gasteiger partial charge in [-0.2, -0.15) is 0 Å². The monoisotopic (exact) mass is 347 g/mol. The molecule has 1 atom stereocenters. The standard InChI is InChI=1S/C18H18ClNO2S/c19-13-7-6-12-3-1-4-15(14(12)11-13)20-18(22)9-8-16(21)17-5-2-10-23-17/h2,5-7,10-11,15H,1,3-4,8-9H2,(H,20,22)/t15-/m1/s1. The fourth-order valence-electron chi connectivity index (χ4n) is 2.97. The van der Waals surface area contributed by atoms with Crippen molar-refractivity contribution in [1.82, 2.24) is 5.32 Å². The number of ketones is 1. The number of benzene rings is 1. The van der Waals surface area contributed by atoms with Crippen LogP contribution in [0.15, 0.2) is 35.7 Å². The molecule has 0 fully saturated rings. The Bertz CT molecular complexity index is 712.